The van der Waals surface area contributed by atoms with Gasteiger partial charge >= 0.3 is 0 Å². The van der Waals surface area contributed by atoms with Crippen molar-refractivity contribution in [3.8, 4) is 45.4 Å². The Bertz CT molecular complexity index is 1790. The molecular weight excluding hydrogens is 444 g/mol. The van der Waals surface area contributed by atoms with Crippen molar-refractivity contribution < 1.29 is 0 Å². The van der Waals surface area contributed by atoms with Gasteiger partial charge in [-0.2, -0.15) is 5.26 Å². The monoisotopic (exact) mass is 464 g/mol. The fourth-order valence-corrected chi connectivity index (χ4v) is 4.57. The molecule has 0 aliphatic rings. The quantitative estimate of drug-likeness (QED) is 0.320. The number of hydrogen-bond acceptors (Lipinski definition) is 3. The third kappa shape index (κ3) is 3.67. The lowest BCUT2D eigenvalue weighted by Gasteiger charge is -2.15. The summed E-state index contributed by atoms with van der Waals surface area (Å²) >= 11 is 0. The van der Waals surface area contributed by atoms with Gasteiger partial charge < -0.3 is 4.98 Å². The normalized spacial score (nSPS) is 10.9. The second-order valence-corrected chi connectivity index (χ2v) is 8.48. The Labute approximate surface area is 207 Å². The maximum Gasteiger partial charge on any atom is 0.263 e. The van der Waals surface area contributed by atoms with Gasteiger partial charge in [0.15, 0.2) is 0 Å². The first kappa shape index (κ1) is 21.3. The van der Waals surface area contributed by atoms with E-state index >= 15 is 0 Å². The van der Waals surface area contributed by atoms with Gasteiger partial charge in [0, 0.05) is 51.2 Å². The third-order valence-corrected chi connectivity index (χ3v) is 6.30. The van der Waals surface area contributed by atoms with Crippen LogP contribution in [0.3, 0.4) is 0 Å². The number of aromatic nitrogens is 3. The van der Waals surface area contributed by atoms with Gasteiger partial charge in [0.1, 0.15) is 0 Å². The summed E-state index contributed by atoms with van der Waals surface area (Å²) in [6.45, 7) is 0. The number of benzene rings is 3. The predicted octanol–water partition coefficient (Wildman–Crippen LogP) is 6.59. The molecule has 6 rings (SSSR count). The molecule has 0 atom stereocenters. The van der Waals surface area contributed by atoms with Gasteiger partial charge in [0.05, 0.1) is 23.0 Å². The van der Waals surface area contributed by atoms with E-state index in [9.17, 15) is 10.1 Å². The number of fused-ring (bicyclic) bond motifs is 1. The molecule has 36 heavy (non-hydrogen) atoms. The highest BCUT2D eigenvalue weighted by Crippen LogP contribution is 2.31. The average Bonchev–Trinajstić information content (AvgIpc) is 3.38. The molecule has 1 N–H and O–H groups in total. The van der Waals surface area contributed by atoms with Gasteiger partial charge in [0.2, 0.25) is 0 Å². The Balaban J connectivity index is 1.64. The molecule has 0 aliphatic carbocycles. The van der Waals surface area contributed by atoms with E-state index in [1.54, 1.807) is 22.9 Å². The molecule has 0 radical (unpaired) electrons. The zero-order valence-corrected chi connectivity index (χ0v) is 19.2. The molecule has 0 amide bonds. The van der Waals surface area contributed by atoms with Gasteiger partial charge in [-0.15, -0.1) is 0 Å². The number of pyridine rings is 2. The van der Waals surface area contributed by atoms with Crippen LogP contribution in [0.5, 0.6) is 0 Å². The molecule has 0 fully saturated rings. The smallest absolute Gasteiger partial charge is 0.263 e. The molecular formula is C31H20N4O. The maximum atomic E-state index is 14.0. The summed E-state index contributed by atoms with van der Waals surface area (Å²) < 4.78 is 1.66. The van der Waals surface area contributed by atoms with E-state index < -0.39 is 0 Å². The molecule has 0 unspecified atom stereocenters. The van der Waals surface area contributed by atoms with Crippen molar-refractivity contribution in [2.45, 2.75) is 0 Å². The molecule has 3 aromatic carbocycles. The first-order valence-corrected chi connectivity index (χ1v) is 11.6. The number of hydrogen-bond donors (Lipinski definition) is 1. The van der Waals surface area contributed by atoms with Gasteiger partial charge in [-0.25, -0.2) is 0 Å². The average molecular weight is 465 g/mol. The van der Waals surface area contributed by atoms with Crippen molar-refractivity contribution in [3.05, 3.63) is 131 Å². The lowest BCUT2D eigenvalue weighted by atomic mass is 9.99. The number of nitriles is 1. The Morgan fingerprint density at radius 2 is 1.53 bits per heavy atom. The SMILES string of the molecule is N#Cc1ccccc1-c1cc(-c2ccccn2)cn(-c2ccccc2-c2cc3ccccc3[nH]2)c1=O. The van der Waals surface area contributed by atoms with E-state index in [1.165, 1.54) is 0 Å². The molecule has 6 aromatic rings. The standard InChI is InChI=1S/C31H20N4O/c32-19-22-10-1-3-11-24(22)26-17-23(27-13-7-8-16-33-27)20-35(31(26)36)30-15-6-4-12-25(30)29-18-21-9-2-5-14-28(21)34-29/h1-18,20,34H. The third-order valence-electron chi connectivity index (χ3n) is 6.30. The van der Waals surface area contributed by atoms with Crippen molar-refractivity contribution in [2.24, 2.45) is 0 Å². The minimum atomic E-state index is -0.207. The van der Waals surface area contributed by atoms with Crippen LogP contribution in [0.25, 0.3) is 50.2 Å². The largest absolute Gasteiger partial charge is 0.354 e. The summed E-state index contributed by atoms with van der Waals surface area (Å²) in [4.78, 5) is 22.0. The van der Waals surface area contributed by atoms with Gasteiger partial charge in [-0.05, 0) is 42.5 Å². The van der Waals surface area contributed by atoms with Gasteiger partial charge in [-0.3, -0.25) is 14.3 Å². The zero-order chi connectivity index (χ0) is 24.5. The Hall–Kier alpha value is -5.21. The Kier molecular flexibility index (Phi) is 5.25. The van der Waals surface area contributed by atoms with Crippen LogP contribution >= 0.6 is 0 Å². The Morgan fingerprint density at radius 1 is 0.778 bits per heavy atom. The van der Waals surface area contributed by atoms with Crippen LogP contribution in [0, 0.1) is 11.3 Å². The van der Waals surface area contributed by atoms with E-state index in [0.29, 0.717) is 16.7 Å². The minimum Gasteiger partial charge on any atom is -0.354 e. The predicted molar refractivity (Wildman–Crippen MR) is 143 cm³/mol. The second kappa shape index (κ2) is 8.86. The fourth-order valence-electron chi connectivity index (χ4n) is 4.57. The number of nitrogens with zero attached hydrogens (tertiary/aromatic N) is 3. The van der Waals surface area contributed by atoms with Gasteiger partial charge in [0.25, 0.3) is 5.56 Å². The highest BCUT2D eigenvalue weighted by atomic mass is 16.1. The Morgan fingerprint density at radius 3 is 2.33 bits per heavy atom. The molecule has 3 aromatic heterocycles. The van der Waals surface area contributed by atoms with Crippen LogP contribution in [0.2, 0.25) is 0 Å². The summed E-state index contributed by atoms with van der Waals surface area (Å²) in [5, 5.41) is 10.8. The van der Waals surface area contributed by atoms with Crippen LogP contribution in [0.15, 0.2) is 120 Å². The van der Waals surface area contributed by atoms with Crippen molar-refractivity contribution in [1.82, 2.24) is 14.5 Å². The van der Waals surface area contributed by atoms with Gasteiger partial charge in [-0.1, -0.05) is 60.7 Å². The van der Waals surface area contributed by atoms with E-state index in [-0.39, 0.29) is 5.56 Å². The molecule has 0 bridgehead atoms. The first-order valence-electron chi connectivity index (χ1n) is 11.6. The maximum absolute atomic E-state index is 14.0. The molecule has 5 nitrogen and oxygen atoms in total. The van der Waals surface area contributed by atoms with Crippen molar-refractivity contribution in [3.63, 3.8) is 0 Å². The molecule has 3 heterocycles. The highest BCUT2D eigenvalue weighted by molar-refractivity contribution is 5.87. The lowest BCUT2D eigenvalue weighted by Crippen LogP contribution is -2.21. The number of rotatable bonds is 4. The number of nitrogens with one attached hydrogen (secondary N) is 1. The number of para-hydroxylation sites is 2. The second-order valence-electron chi connectivity index (χ2n) is 8.48. The van der Waals surface area contributed by atoms with Crippen LogP contribution in [-0.4, -0.2) is 14.5 Å². The molecule has 0 saturated heterocycles. The highest BCUT2D eigenvalue weighted by Gasteiger charge is 2.17. The zero-order valence-electron chi connectivity index (χ0n) is 19.2. The summed E-state index contributed by atoms with van der Waals surface area (Å²) in [5.41, 5.74) is 6.39. The summed E-state index contributed by atoms with van der Waals surface area (Å²) in [6.07, 6.45) is 3.55. The molecule has 5 heteroatoms. The number of H-pyrrole nitrogens is 1. The van der Waals surface area contributed by atoms with Crippen molar-refractivity contribution >= 4 is 10.9 Å². The minimum absolute atomic E-state index is 0.207. The fraction of sp³-hybridized carbons (Fsp3) is 0. The summed E-state index contributed by atoms with van der Waals surface area (Å²) in [5.74, 6) is 0. The lowest BCUT2D eigenvalue weighted by molar-refractivity contribution is 0.994. The van der Waals surface area contributed by atoms with E-state index in [2.05, 4.69) is 28.2 Å². The van der Waals surface area contributed by atoms with Crippen LogP contribution < -0.4 is 5.56 Å². The van der Waals surface area contributed by atoms with E-state index in [4.69, 9.17) is 0 Å². The molecule has 0 spiro atoms. The summed E-state index contributed by atoms with van der Waals surface area (Å²) in [6, 6.07) is 34.9. The molecule has 170 valence electrons. The van der Waals surface area contributed by atoms with E-state index in [0.717, 1.165) is 39.1 Å². The number of aromatic amines is 1. The summed E-state index contributed by atoms with van der Waals surface area (Å²) in [7, 11) is 0. The van der Waals surface area contributed by atoms with Crippen LogP contribution in [0.1, 0.15) is 5.56 Å². The van der Waals surface area contributed by atoms with Crippen molar-refractivity contribution in [2.75, 3.05) is 0 Å². The first-order chi connectivity index (χ1) is 17.7. The van der Waals surface area contributed by atoms with Crippen LogP contribution in [0.4, 0.5) is 0 Å². The molecule has 0 aliphatic heterocycles. The molecule has 0 saturated carbocycles. The van der Waals surface area contributed by atoms with Crippen molar-refractivity contribution in [1.29, 1.82) is 5.26 Å². The topological polar surface area (TPSA) is 74.5 Å². The van der Waals surface area contributed by atoms with Crippen LogP contribution in [-0.2, 0) is 0 Å². The van der Waals surface area contributed by atoms with E-state index in [1.807, 2.05) is 85.1 Å².